The Bertz CT molecular complexity index is 896. The van der Waals surface area contributed by atoms with E-state index >= 15 is 0 Å². The molecular weight excluding hydrogens is 292 g/mol. The summed E-state index contributed by atoms with van der Waals surface area (Å²) >= 11 is 7.49. The van der Waals surface area contributed by atoms with E-state index in [4.69, 9.17) is 11.6 Å². The van der Waals surface area contributed by atoms with Crippen molar-refractivity contribution in [2.75, 3.05) is 0 Å². The number of fused-ring (bicyclic) bond motifs is 2. The monoisotopic (exact) mass is 302 g/mol. The SMILES string of the molecule is CCC(=O)c1ccc2sc3ccc(Cl)cc3c(=O)c2c1. The lowest BCUT2D eigenvalue weighted by Crippen LogP contribution is -2.03. The summed E-state index contributed by atoms with van der Waals surface area (Å²) in [7, 11) is 0. The van der Waals surface area contributed by atoms with E-state index < -0.39 is 0 Å². The van der Waals surface area contributed by atoms with Gasteiger partial charge in [-0.3, -0.25) is 9.59 Å². The first-order valence-corrected chi connectivity index (χ1v) is 7.49. The molecule has 0 saturated heterocycles. The Morgan fingerprint density at radius 1 is 1.10 bits per heavy atom. The molecule has 1 heterocycles. The summed E-state index contributed by atoms with van der Waals surface area (Å²) in [4.78, 5) is 24.3. The van der Waals surface area contributed by atoms with Crippen molar-refractivity contribution in [3.63, 3.8) is 0 Å². The summed E-state index contributed by atoms with van der Waals surface area (Å²) in [5.74, 6) is 0.0440. The lowest BCUT2D eigenvalue weighted by Gasteiger charge is -2.03. The van der Waals surface area contributed by atoms with Crippen molar-refractivity contribution in [2.24, 2.45) is 0 Å². The highest BCUT2D eigenvalue weighted by Gasteiger charge is 2.10. The van der Waals surface area contributed by atoms with Crippen LogP contribution < -0.4 is 5.43 Å². The average Bonchev–Trinajstić information content (AvgIpc) is 2.47. The van der Waals surface area contributed by atoms with Gasteiger partial charge in [0.15, 0.2) is 11.2 Å². The van der Waals surface area contributed by atoms with E-state index in [1.165, 1.54) is 11.3 Å². The first kappa shape index (κ1) is 13.3. The molecule has 0 atom stereocenters. The largest absolute Gasteiger partial charge is 0.294 e. The van der Waals surface area contributed by atoms with Gasteiger partial charge in [0.2, 0.25) is 0 Å². The smallest absolute Gasteiger partial charge is 0.195 e. The van der Waals surface area contributed by atoms with E-state index in [2.05, 4.69) is 0 Å². The van der Waals surface area contributed by atoms with Gasteiger partial charge in [0.25, 0.3) is 0 Å². The number of rotatable bonds is 2. The fraction of sp³-hybridized carbons (Fsp3) is 0.125. The number of benzene rings is 2. The maximum Gasteiger partial charge on any atom is 0.195 e. The Balaban J connectivity index is 2.40. The third-order valence-corrected chi connectivity index (χ3v) is 4.66. The lowest BCUT2D eigenvalue weighted by atomic mass is 10.1. The summed E-state index contributed by atoms with van der Waals surface area (Å²) in [5.41, 5.74) is 0.521. The number of halogens is 1. The Hall–Kier alpha value is -1.71. The highest BCUT2D eigenvalue weighted by Crippen LogP contribution is 2.27. The highest BCUT2D eigenvalue weighted by molar-refractivity contribution is 7.24. The second kappa shape index (κ2) is 5.00. The van der Waals surface area contributed by atoms with Gasteiger partial charge in [0.05, 0.1) is 0 Å². The van der Waals surface area contributed by atoms with Crippen molar-refractivity contribution >= 4 is 48.9 Å². The molecule has 4 heteroatoms. The molecule has 0 amide bonds. The van der Waals surface area contributed by atoms with E-state index in [0.29, 0.717) is 27.8 Å². The number of hydrogen-bond donors (Lipinski definition) is 0. The maximum absolute atomic E-state index is 12.5. The van der Waals surface area contributed by atoms with Crippen LogP contribution >= 0.6 is 22.9 Å². The second-order valence-electron chi connectivity index (χ2n) is 4.56. The van der Waals surface area contributed by atoms with Crippen LogP contribution in [0.5, 0.6) is 0 Å². The quantitative estimate of drug-likeness (QED) is 0.509. The maximum atomic E-state index is 12.5. The van der Waals surface area contributed by atoms with Crippen LogP contribution in [0.2, 0.25) is 5.02 Å². The zero-order chi connectivity index (χ0) is 14.3. The number of carbonyl (C=O) groups is 1. The zero-order valence-corrected chi connectivity index (χ0v) is 12.3. The van der Waals surface area contributed by atoms with Crippen LogP contribution in [0.15, 0.2) is 41.2 Å². The number of ketones is 1. The molecule has 3 aromatic rings. The molecule has 0 aliphatic rings. The van der Waals surface area contributed by atoms with Crippen molar-refractivity contribution in [2.45, 2.75) is 13.3 Å². The second-order valence-corrected chi connectivity index (χ2v) is 6.08. The van der Waals surface area contributed by atoms with Gasteiger partial charge in [0, 0.05) is 37.2 Å². The summed E-state index contributed by atoms with van der Waals surface area (Å²) in [6, 6.07) is 10.6. The van der Waals surface area contributed by atoms with E-state index in [-0.39, 0.29) is 11.2 Å². The zero-order valence-electron chi connectivity index (χ0n) is 10.8. The van der Waals surface area contributed by atoms with E-state index in [0.717, 1.165) is 9.40 Å². The minimum Gasteiger partial charge on any atom is -0.294 e. The van der Waals surface area contributed by atoms with Gasteiger partial charge in [-0.15, -0.1) is 11.3 Å². The number of hydrogen-bond acceptors (Lipinski definition) is 3. The Labute approximate surface area is 124 Å². The summed E-state index contributed by atoms with van der Waals surface area (Å²) in [5, 5.41) is 1.74. The highest BCUT2D eigenvalue weighted by atomic mass is 35.5. The molecule has 3 rings (SSSR count). The minimum atomic E-state index is -0.0676. The standard InChI is InChI=1S/C16H11ClO2S/c1-2-13(18)9-3-5-14-11(7-9)16(19)12-8-10(17)4-6-15(12)20-14/h3-8H,2H2,1H3. The number of carbonyl (C=O) groups excluding carboxylic acids is 1. The molecule has 0 saturated carbocycles. The molecule has 2 aromatic carbocycles. The predicted octanol–water partition coefficient (Wildman–Crippen LogP) is 4.66. The summed E-state index contributed by atoms with van der Waals surface area (Å²) in [6.07, 6.45) is 0.433. The van der Waals surface area contributed by atoms with Gasteiger partial charge in [-0.25, -0.2) is 0 Å². The topological polar surface area (TPSA) is 34.1 Å². The molecule has 0 aliphatic carbocycles. The fourth-order valence-corrected chi connectivity index (χ4v) is 3.41. The van der Waals surface area contributed by atoms with Crippen LogP contribution in [-0.2, 0) is 0 Å². The predicted molar refractivity (Wildman–Crippen MR) is 85.2 cm³/mol. The lowest BCUT2D eigenvalue weighted by molar-refractivity contribution is 0.0988. The van der Waals surface area contributed by atoms with Crippen LogP contribution in [-0.4, -0.2) is 5.78 Å². The van der Waals surface area contributed by atoms with Crippen LogP contribution in [0.4, 0.5) is 0 Å². The Morgan fingerprint density at radius 3 is 2.45 bits per heavy atom. The van der Waals surface area contributed by atoms with E-state index in [9.17, 15) is 9.59 Å². The normalized spacial score (nSPS) is 11.1. The molecule has 0 spiro atoms. The van der Waals surface area contributed by atoms with Gasteiger partial charge in [-0.05, 0) is 36.4 Å². The van der Waals surface area contributed by atoms with Crippen molar-refractivity contribution < 1.29 is 4.79 Å². The van der Waals surface area contributed by atoms with Crippen LogP contribution in [0.3, 0.4) is 0 Å². The van der Waals surface area contributed by atoms with Crippen LogP contribution in [0.1, 0.15) is 23.7 Å². The Kier molecular flexibility index (Phi) is 3.32. The fourth-order valence-electron chi connectivity index (χ4n) is 2.21. The Morgan fingerprint density at radius 2 is 1.75 bits per heavy atom. The average molecular weight is 303 g/mol. The van der Waals surface area contributed by atoms with Gasteiger partial charge in [-0.1, -0.05) is 18.5 Å². The van der Waals surface area contributed by atoms with Crippen molar-refractivity contribution in [3.8, 4) is 0 Å². The molecule has 1 aromatic heterocycles. The van der Waals surface area contributed by atoms with Crippen LogP contribution in [0, 0.1) is 0 Å². The van der Waals surface area contributed by atoms with Gasteiger partial charge >= 0.3 is 0 Å². The van der Waals surface area contributed by atoms with Crippen molar-refractivity contribution in [1.29, 1.82) is 0 Å². The van der Waals surface area contributed by atoms with E-state index in [1.807, 2.05) is 19.1 Å². The first-order chi connectivity index (χ1) is 9.60. The molecule has 100 valence electrons. The molecule has 20 heavy (non-hydrogen) atoms. The van der Waals surface area contributed by atoms with Crippen molar-refractivity contribution in [1.82, 2.24) is 0 Å². The molecule has 0 radical (unpaired) electrons. The third-order valence-electron chi connectivity index (χ3n) is 3.27. The number of Topliss-reactive ketones (excluding diaryl/α,β-unsaturated/α-hetero) is 1. The molecule has 0 N–H and O–H groups in total. The molecule has 0 unspecified atom stereocenters. The molecule has 2 nitrogen and oxygen atoms in total. The first-order valence-electron chi connectivity index (χ1n) is 6.29. The van der Waals surface area contributed by atoms with Crippen LogP contribution in [0.25, 0.3) is 20.2 Å². The molecule has 0 fully saturated rings. The molecular formula is C16H11ClO2S. The van der Waals surface area contributed by atoms with Crippen molar-refractivity contribution in [3.05, 3.63) is 57.2 Å². The van der Waals surface area contributed by atoms with Gasteiger partial charge < -0.3 is 0 Å². The third kappa shape index (κ3) is 2.13. The van der Waals surface area contributed by atoms with Gasteiger partial charge in [-0.2, -0.15) is 0 Å². The molecule has 0 bridgehead atoms. The van der Waals surface area contributed by atoms with E-state index in [1.54, 1.807) is 24.3 Å². The molecule has 0 aliphatic heterocycles. The summed E-state index contributed by atoms with van der Waals surface area (Å²) < 4.78 is 1.79. The minimum absolute atomic E-state index is 0.0440. The van der Waals surface area contributed by atoms with Gasteiger partial charge in [0.1, 0.15) is 0 Å². The summed E-state index contributed by atoms with van der Waals surface area (Å²) in [6.45, 7) is 1.81.